The minimum absolute atomic E-state index is 0.00871. The van der Waals surface area contributed by atoms with Crippen molar-refractivity contribution in [3.8, 4) is 0 Å². The number of nitrogens with one attached hydrogen (secondary N) is 2. The normalized spacial score (nSPS) is 21.2. The van der Waals surface area contributed by atoms with Crippen LogP contribution in [0.4, 0.5) is 10.5 Å². The maximum atomic E-state index is 12.3. The van der Waals surface area contributed by atoms with Gasteiger partial charge >= 0.3 is 12.0 Å². The second-order valence-corrected chi connectivity index (χ2v) is 10.3. The first-order chi connectivity index (χ1) is 19.5. The molecule has 2 aromatic rings. The van der Waals surface area contributed by atoms with Crippen molar-refractivity contribution in [1.29, 1.82) is 0 Å². The molecular formula is C31H41N3O6. The van der Waals surface area contributed by atoms with Crippen molar-refractivity contribution in [3.63, 3.8) is 0 Å². The molecule has 40 heavy (non-hydrogen) atoms. The highest BCUT2D eigenvalue weighted by atomic mass is 16.7. The fourth-order valence-electron chi connectivity index (χ4n) is 5.41. The number of urea groups is 1. The second kappa shape index (κ2) is 14.9. The van der Waals surface area contributed by atoms with E-state index >= 15 is 0 Å². The first-order valence-electron chi connectivity index (χ1n) is 14.1. The molecule has 9 heteroatoms. The Bertz CT molecular complexity index is 1120. The van der Waals surface area contributed by atoms with E-state index in [0.29, 0.717) is 18.2 Å². The molecule has 1 aliphatic carbocycles. The highest BCUT2D eigenvalue weighted by Gasteiger charge is 2.34. The van der Waals surface area contributed by atoms with Crippen molar-refractivity contribution in [2.24, 2.45) is 0 Å². The highest BCUT2D eigenvalue weighted by molar-refractivity contribution is 5.91. The Hall–Kier alpha value is -3.24. The van der Waals surface area contributed by atoms with Crippen molar-refractivity contribution in [1.82, 2.24) is 10.2 Å². The maximum absolute atomic E-state index is 12.3. The Morgan fingerprint density at radius 1 is 1.12 bits per heavy atom. The molecule has 0 spiro atoms. The summed E-state index contributed by atoms with van der Waals surface area (Å²) in [5.74, 6) is -0.498. The third kappa shape index (κ3) is 8.38. The third-order valence-electron chi connectivity index (χ3n) is 7.37. The van der Waals surface area contributed by atoms with Crippen LogP contribution in [0, 0.1) is 0 Å². The summed E-state index contributed by atoms with van der Waals surface area (Å²) in [5.41, 5.74) is 3.21. The van der Waals surface area contributed by atoms with Crippen molar-refractivity contribution in [2.75, 3.05) is 31.6 Å². The van der Waals surface area contributed by atoms with Crippen LogP contribution in [0.2, 0.25) is 0 Å². The number of amides is 2. The zero-order valence-electron chi connectivity index (χ0n) is 23.2. The van der Waals surface area contributed by atoms with Crippen LogP contribution in [0.25, 0.3) is 0 Å². The summed E-state index contributed by atoms with van der Waals surface area (Å²) in [6, 6.07) is 15.2. The Balaban J connectivity index is 1.50. The average molecular weight is 552 g/mol. The second-order valence-electron chi connectivity index (χ2n) is 10.3. The van der Waals surface area contributed by atoms with Crippen molar-refractivity contribution in [3.05, 3.63) is 77.9 Å². The van der Waals surface area contributed by atoms with E-state index in [1.807, 2.05) is 48.5 Å². The fraction of sp³-hybridized carbons (Fsp3) is 0.484. The lowest BCUT2D eigenvalue weighted by Crippen LogP contribution is -2.43. The van der Waals surface area contributed by atoms with Gasteiger partial charge in [0.05, 0.1) is 25.4 Å². The lowest BCUT2D eigenvalue weighted by molar-refractivity contribution is -0.253. The van der Waals surface area contributed by atoms with Gasteiger partial charge in [-0.15, -0.1) is 6.58 Å². The van der Waals surface area contributed by atoms with E-state index in [4.69, 9.17) is 14.2 Å². The molecule has 2 aromatic carbocycles. The number of esters is 1. The highest BCUT2D eigenvalue weighted by Crippen LogP contribution is 2.39. The minimum Gasteiger partial charge on any atom is -0.465 e. The number of aliphatic hydroxyl groups excluding tert-OH is 1. The van der Waals surface area contributed by atoms with Crippen molar-refractivity contribution < 1.29 is 28.9 Å². The summed E-state index contributed by atoms with van der Waals surface area (Å²) in [6.45, 7) is 7.31. The predicted molar refractivity (Wildman–Crippen MR) is 153 cm³/mol. The number of carbonyl (C=O) groups excluding carboxylic acids is 2. The van der Waals surface area contributed by atoms with E-state index in [0.717, 1.165) is 29.8 Å². The van der Waals surface area contributed by atoms with E-state index in [-0.39, 0.29) is 32.0 Å². The summed E-state index contributed by atoms with van der Waals surface area (Å²) in [6.07, 6.45) is 6.63. The van der Waals surface area contributed by atoms with Crippen LogP contribution in [0.3, 0.4) is 0 Å². The SMILES string of the molecule is C=CCN(C[C@H]1C[C@@H](c2ccc(CO)cc2)O[C@@H](c2cccc(NC(=O)NCC(=O)OCC)c2)O1)C1CCCC1. The number of benzene rings is 2. The molecule has 1 saturated carbocycles. The molecule has 3 atom stereocenters. The Morgan fingerprint density at radius 3 is 2.60 bits per heavy atom. The lowest BCUT2D eigenvalue weighted by atomic mass is 9.99. The van der Waals surface area contributed by atoms with Crippen molar-refractivity contribution >= 4 is 17.7 Å². The lowest BCUT2D eigenvalue weighted by Gasteiger charge is -2.39. The molecule has 1 aliphatic heterocycles. The topological polar surface area (TPSA) is 109 Å². The zero-order chi connectivity index (χ0) is 28.3. The van der Waals surface area contributed by atoms with E-state index in [1.54, 1.807) is 13.0 Å². The van der Waals surface area contributed by atoms with E-state index in [1.165, 1.54) is 25.7 Å². The monoisotopic (exact) mass is 551 g/mol. The molecule has 2 amide bonds. The van der Waals surface area contributed by atoms with E-state index in [2.05, 4.69) is 22.1 Å². The maximum Gasteiger partial charge on any atom is 0.325 e. The number of aliphatic hydroxyl groups is 1. The number of ether oxygens (including phenoxy) is 3. The molecule has 0 unspecified atom stereocenters. The number of hydrogen-bond acceptors (Lipinski definition) is 7. The molecule has 0 radical (unpaired) electrons. The van der Waals surface area contributed by atoms with Gasteiger partial charge in [-0.25, -0.2) is 4.79 Å². The molecule has 1 saturated heterocycles. The molecule has 0 bridgehead atoms. The largest absolute Gasteiger partial charge is 0.465 e. The van der Waals surface area contributed by atoms with Gasteiger partial charge in [0.2, 0.25) is 0 Å². The molecule has 9 nitrogen and oxygen atoms in total. The van der Waals surface area contributed by atoms with Crippen LogP contribution in [0.5, 0.6) is 0 Å². The Labute approximate surface area is 236 Å². The molecule has 2 aliphatic rings. The number of rotatable bonds is 12. The Kier molecular flexibility index (Phi) is 11.1. The fourth-order valence-corrected chi connectivity index (χ4v) is 5.41. The Morgan fingerprint density at radius 2 is 1.90 bits per heavy atom. The smallest absolute Gasteiger partial charge is 0.325 e. The molecule has 1 heterocycles. The van der Waals surface area contributed by atoms with Gasteiger partial charge in [0, 0.05) is 36.8 Å². The molecule has 0 aromatic heterocycles. The van der Waals surface area contributed by atoms with Crippen LogP contribution in [-0.2, 0) is 25.6 Å². The summed E-state index contributed by atoms with van der Waals surface area (Å²) in [4.78, 5) is 26.4. The minimum atomic E-state index is -0.639. The van der Waals surface area contributed by atoms with E-state index < -0.39 is 18.3 Å². The van der Waals surface area contributed by atoms with Gasteiger partial charge in [-0.2, -0.15) is 0 Å². The van der Waals surface area contributed by atoms with Crippen LogP contribution < -0.4 is 10.6 Å². The molecular weight excluding hydrogens is 510 g/mol. The average Bonchev–Trinajstić information content (AvgIpc) is 3.51. The first-order valence-corrected chi connectivity index (χ1v) is 14.1. The number of anilines is 1. The van der Waals surface area contributed by atoms with Crippen LogP contribution >= 0.6 is 0 Å². The van der Waals surface area contributed by atoms with Gasteiger partial charge in [0.15, 0.2) is 6.29 Å². The number of carbonyl (C=O) groups is 2. The summed E-state index contributed by atoms with van der Waals surface area (Å²) < 4.78 is 17.9. The molecule has 216 valence electrons. The summed E-state index contributed by atoms with van der Waals surface area (Å²) >= 11 is 0. The van der Waals surface area contributed by atoms with Gasteiger partial charge in [0.1, 0.15) is 6.54 Å². The molecule has 2 fully saturated rings. The standard InChI is InChI=1S/C31H41N3O6/c1-3-16-34(26-10-5-6-11-26)20-27-18-28(23-14-12-22(21-35)13-15-23)40-30(39-27)24-8-7-9-25(17-24)33-31(37)32-19-29(36)38-4-2/h3,7-9,12-15,17,26-28,30,35H,1,4-6,10-11,16,18-21H2,2H3,(H2,32,33,37)/t27-,28+,30+/m1/s1. The van der Waals surface area contributed by atoms with Gasteiger partial charge in [-0.1, -0.05) is 55.3 Å². The van der Waals surface area contributed by atoms with Crippen LogP contribution in [-0.4, -0.2) is 60.4 Å². The molecule has 4 rings (SSSR count). The van der Waals surface area contributed by atoms with Crippen LogP contribution in [0.1, 0.15) is 68.1 Å². The van der Waals surface area contributed by atoms with E-state index in [9.17, 15) is 14.7 Å². The first kappa shape index (κ1) is 29.7. The van der Waals surface area contributed by atoms with Gasteiger partial charge in [-0.05, 0) is 43.0 Å². The van der Waals surface area contributed by atoms with Crippen LogP contribution in [0.15, 0.2) is 61.2 Å². The number of hydrogen-bond donors (Lipinski definition) is 3. The zero-order valence-corrected chi connectivity index (χ0v) is 23.2. The quantitative estimate of drug-likeness (QED) is 0.256. The third-order valence-corrected chi connectivity index (χ3v) is 7.37. The molecule has 3 N–H and O–H groups in total. The van der Waals surface area contributed by atoms with Gasteiger partial charge < -0.3 is 30.0 Å². The summed E-state index contributed by atoms with van der Waals surface area (Å²) in [7, 11) is 0. The van der Waals surface area contributed by atoms with Crippen molar-refractivity contribution in [2.45, 2.75) is 70.2 Å². The number of nitrogens with zero attached hydrogens (tertiary/aromatic N) is 1. The van der Waals surface area contributed by atoms with Gasteiger partial charge in [0.25, 0.3) is 0 Å². The predicted octanol–water partition coefficient (Wildman–Crippen LogP) is 4.84. The van der Waals surface area contributed by atoms with Gasteiger partial charge in [-0.3, -0.25) is 9.69 Å². The summed E-state index contributed by atoms with van der Waals surface area (Å²) in [5, 5.41) is 14.7.